The number of nitriles is 1. The summed E-state index contributed by atoms with van der Waals surface area (Å²) in [4.78, 5) is 0. The molecule has 1 aliphatic rings. The Hall–Kier alpha value is -1.00. The summed E-state index contributed by atoms with van der Waals surface area (Å²) in [5, 5.41) is 10.4. The minimum Gasteiger partial charge on any atom is -0.198 e. The van der Waals surface area contributed by atoms with Gasteiger partial charge in [-0.2, -0.15) is 5.26 Å². The van der Waals surface area contributed by atoms with Gasteiger partial charge in [0.05, 0.1) is 11.5 Å². The van der Waals surface area contributed by atoms with Gasteiger partial charge >= 0.3 is 0 Å². The molecule has 2 rings (SSSR count). The van der Waals surface area contributed by atoms with E-state index in [1.165, 1.54) is 24.8 Å². The van der Waals surface area contributed by atoms with E-state index in [4.69, 9.17) is 11.6 Å². The van der Waals surface area contributed by atoms with Gasteiger partial charge in [-0.1, -0.05) is 49.9 Å². The number of halogens is 1. The van der Waals surface area contributed by atoms with E-state index in [-0.39, 0.29) is 5.41 Å². The Morgan fingerprint density at radius 2 is 2.33 bits per heavy atom. The molecule has 0 spiro atoms. The second-order valence-corrected chi connectivity index (χ2v) is 6.01. The topological polar surface area (TPSA) is 23.8 Å². The lowest BCUT2D eigenvalue weighted by atomic mass is 9.67. The molecule has 2 atom stereocenters. The molecular formula is C16H20ClN. The van der Waals surface area contributed by atoms with Crippen LogP contribution in [0, 0.1) is 22.7 Å². The molecule has 0 saturated heterocycles. The van der Waals surface area contributed by atoms with E-state index in [0.29, 0.717) is 0 Å². The fourth-order valence-electron chi connectivity index (χ4n) is 3.17. The van der Waals surface area contributed by atoms with Crippen LogP contribution in [-0.4, -0.2) is 0 Å². The highest BCUT2D eigenvalue weighted by atomic mass is 35.5. The summed E-state index contributed by atoms with van der Waals surface area (Å²) in [5.74, 6) is 0.720. The smallest absolute Gasteiger partial charge is 0.0693 e. The van der Waals surface area contributed by atoms with Crippen molar-refractivity contribution in [3.63, 3.8) is 0 Å². The summed E-state index contributed by atoms with van der Waals surface area (Å²) in [6.07, 6.45) is 6.60. The lowest BCUT2D eigenvalue weighted by Gasteiger charge is -2.35. The molecule has 0 aliphatic heterocycles. The monoisotopic (exact) mass is 261 g/mol. The van der Waals surface area contributed by atoms with Gasteiger partial charge in [0.15, 0.2) is 0 Å². The first kappa shape index (κ1) is 13.4. The van der Waals surface area contributed by atoms with Crippen LogP contribution in [0.2, 0.25) is 5.02 Å². The van der Waals surface area contributed by atoms with Gasteiger partial charge in [0.25, 0.3) is 0 Å². The van der Waals surface area contributed by atoms with Gasteiger partial charge in [-0.05, 0) is 42.9 Å². The predicted molar refractivity (Wildman–Crippen MR) is 75.5 cm³/mol. The van der Waals surface area contributed by atoms with E-state index in [1.54, 1.807) is 0 Å². The molecule has 1 aromatic carbocycles. The first-order valence-electron chi connectivity index (χ1n) is 6.83. The van der Waals surface area contributed by atoms with Crippen LogP contribution < -0.4 is 0 Å². The zero-order chi connectivity index (χ0) is 13.0. The third-order valence-electron chi connectivity index (χ3n) is 4.19. The fraction of sp³-hybridized carbons (Fsp3) is 0.562. The molecule has 0 amide bonds. The quantitative estimate of drug-likeness (QED) is 0.752. The summed E-state index contributed by atoms with van der Waals surface area (Å²) in [7, 11) is 0. The lowest BCUT2D eigenvalue weighted by Crippen LogP contribution is -2.29. The Balaban J connectivity index is 2.16. The highest BCUT2D eigenvalue weighted by molar-refractivity contribution is 6.30. The van der Waals surface area contributed by atoms with Crippen LogP contribution in [-0.2, 0) is 6.42 Å². The molecule has 1 aliphatic carbocycles. The molecule has 0 N–H and O–H groups in total. The molecule has 0 radical (unpaired) electrons. The maximum Gasteiger partial charge on any atom is 0.0693 e. The molecule has 18 heavy (non-hydrogen) atoms. The third kappa shape index (κ3) is 3.06. The van der Waals surface area contributed by atoms with Crippen molar-refractivity contribution in [1.29, 1.82) is 5.26 Å². The van der Waals surface area contributed by atoms with Crippen LogP contribution in [0.3, 0.4) is 0 Å². The van der Waals surface area contributed by atoms with Crippen molar-refractivity contribution >= 4 is 11.6 Å². The minimum absolute atomic E-state index is 0.163. The average molecular weight is 262 g/mol. The lowest BCUT2D eigenvalue weighted by molar-refractivity contribution is 0.194. The molecular weight excluding hydrogens is 242 g/mol. The first-order valence-corrected chi connectivity index (χ1v) is 7.21. The Morgan fingerprint density at radius 1 is 1.50 bits per heavy atom. The van der Waals surface area contributed by atoms with Gasteiger partial charge in [-0.3, -0.25) is 0 Å². The van der Waals surface area contributed by atoms with Crippen LogP contribution in [0.15, 0.2) is 24.3 Å². The summed E-state index contributed by atoms with van der Waals surface area (Å²) < 4.78 is 0. The Labute approximate surface area is 115 Å². The van der Waals surface area contributed by atoms with E-state index < -0.39 is 0 Å². The Bertz CT molecular complexity index is 449. The summed E-state index contributed by atoms with van der Waals surface area (Å²) in [5.41, 5.74) is 1.03. The zero-order valence-electron chi connectivity index (χ0n) is 11.0. The van der Waals surface area contributed by atoms with Gasteiger partial charge in [0, 0.05) is 5.02 Å². The standard InChI is InChI=1S/C16H20ClN/c1-2-13-6-4-8-16(10-13,12-18)11-14-5-3-7-15(17)9-14/h3,5,7,9,13H,2,4,6,8,10-11H2,1H3. The van der Waals surface area contributed by atoms with Crippen molar-refractivity contribution in [3.05, 3.63) is 34.9 Å². The van der Waals surface area contributed by atoms with Crippen LogP contribution >= 0.6 is 11.6 Å². The zero-order valence-corrected chi connectivity index (χ0v) is 11.7. The highest BCUT2D eigenvalue weighted by Gasteiger charge is 2.36. The number of benzene rings is 1. The molecule has 0 aromatic heterocycles. The van der Waals surface area contributed by atoms with E-state index >= 15 is 0 Å². The van der Waals surface area contributed by atoms with Crippen molar-refractivity contribution in [2.24, 2.45) is 11.3 Å². The van der Waals surface area contributed by atoms with Gasteiger partial charge in [-0.25, -0.2) is 0 Å². The van der Waals surface area contributed by atoms with E-state index in [0.717, 1.165) is 30.2 Å². The number of nitrogens with zero attached hydrogens (tertiary/aromatic N) is 1. The molecule has 1 fully saturated rings. The van der Waals surface area contributed by atoms with Crippen LogP contribution in [0.4, 0.5) is 0 Å². The average Bonchev–Trinajstić information content (AvgIpc) is 2.39. The van der Waals surface area contributed by atoms with Crippen LogP contribution in [0.25, 0.3) is 0 Å². The van der Waals surface area contributed by atoms with E-state index in [9.17, 15) is 5.26 Å². The first-order chi connectivity index (χ1) is 8.67. The van der Waals surface area contributed by atoms with Crippen molar-refractivity contribution in [2.75, 3.05) is 0 Å². The molecule has 96 valence electrons. The summed E-state index contributed by atoms with van der Waals surface area (Å²) in [6.45, 7) is 2.23. The minimum atomic E-state index is -0.163. The molecule has 0 heterocycles. The largest absolute Gasteiger partial charge is 0.198 e. The van der Waals surface area contributed by atoms with Gasteiger partial charge in [0.1, 0.15) is 0 Å². The van der Waals surface area contributed by atoms with E-state index in [1.807, 2.05) is 18.2 Å². The molecule has 2 unspecified atom stereocenters. The van der Waals surface area contributed by atoms with Crippen molar-refractivity contribution in [2.45, 2.75) is 45.4 Å². The van der Waals surface area contributed by atoms with Crippen molar-refractivity contribution in [1.82, 2.24) is 0 Å². The third-order valence-corrected chi connectivity index (χ3v) is 4.43. The fourth-order valence-corrected chi connectivity index (χ4v) is 3.39. The number of hydrogen-bond acceptors (Lipinski definition) is 1. The maximum absolute atomic E-state index is 9.60. The Kier molecular flexibility index (Phi) is 4.30. The summed E-state index contributed by atoms with van der Waals surface area (Å²) in [6, 6.07) is 10.6. The molecule has 1 aromatic rings. The summed E-state index contributed by atoms with van der Waals surface area (Å²) >= 11 is 6.02. The van der Waals surface area contributed by atoms with Crippen molar-refractivity contribution in [3.8, 4) is 6.07 Å². The number of rotatable bonds is 3. The van der Waals surface area contributed by atoms with Gasteiger partial charge in [0.2, 0.25) is 0 Å². The Morgan fingerprint density at radius 3 is 3.00 bits per heavy atom. The molecule has 0 bridgehead atoms. The SMILES string of the molecule is CCC1CCCC(C#N)(Cc2cccc(Cl)c2)C1. The van der Waals surface area contributed by atoms with E-state index in [2.05, 4.69) is 19.1 Å². The normalized spacial score (nSPS) is 27.7. The number of hydrogen-bond donors (Lipinski definition) is 0. The van der Waals surface area contributed by atoms with Crippen LogP contribution in [0.1, 0.15) is 44.6 Å². The highest BCUT2D eigenvalue weighted by Crippen LogP contribution is 2.42. The van der Waals surface area contributed by atoms with Crippen molar-refractivity contribution < 1.29 is 0 Å². The molecule has 2 heteroatoms. The second kappa shape index (κ2) is 5.76. The maximum atomic E-state index is 9.60. The van der Waals surface area contributed by atoms with Gasteiger partial charge in [-0.15, -0.1) is 0 Å². The van der Waals surface area contributed by atoms with Crippen LogP contribution in [0.5, 0.6) is 0 Å². The molecule has 1 nitrogen and oxygen atoms in total. The van der Waals surface area contributed by atoms with Gasteiger partial charge < -0.3 is 0 Å². The predicted octanol–water partition coefficient (Wildman–Crippen LogP) is 4.99. The molecule has 1 saturated carbocycles. The second-order valence-electron chi connectivity index (χ2n) is 5.57.